The number of para-hydroxylation sites is 3. The van der Waals surface area contributed by atoms with E-state index < -0.39 is 11.7 Å². The molecule has 0 amide bonds. The maximum Gasteiger partial charge on any atom is 0.399 e. The van der Waals surface area contributed by atoms with Crippen LogP contribution in [0.2, 0.25) is 0 Å². The molecule has 0 spiro atoms. The molecule has 7 nitrogen and oxygen atoms in total. The number of allylic oxidation sites excluding steroid dienone is 4. The summed E-state index contributed by atoms with van der Waals surface area (Å²) in [6.07, 6.45) is -1.03. The molecule has 401 valence electrons. The van der Waals surface area contributed by atoms with E-state index in [2.05, 4.69) is 129 Å². The van der Waals surface area contributed by atoms with E-state index in [0.717, 1.165) is 62.5 Å². The molecule has 0 saturated carbocycles. The number of aliphatic hydroxyl groups excluding tert-OH is 2. The first kappa shape index (κ1) is 65.8. The zero-order chi connectivity index (χ0) is 53.2. The number of rotatable bonds is 7. The monoisotopic (exact) mass is 1560 g/mol. The minimum atomic E-state index is -4.41. The van der Waals surface area contributed by atoms with E-state index in [0.29, 0.717) is 22.7 Å². The average molecular weight is 1560 g/mol. The molecular formula is C63H59F3Ir3N3O4-3. The predicted octanol–water partition coefficient (Wildman–Crippen LogP) is 16.5. The summed E-state index contributed by atoms with van der Waals surface area (Å²) in [6, 6.07) is 58.3. The number of aliphatic hydroxyl groups is 2. The quantitative estimate of drug-likeness (QED) is 0.0928. The van der Waals surface area contributed by atoms with E-state index in [1.807, 2.05) is 60.7 Å². The Kier molecular flexibility index (Phi) is 27.4. The molecule has 0 atom stereocenters. The molecule has 3 heterocycles. The third-order valence-corrected chi connectivity index (χ3v) is 10.7. The van der Waals surface area contributed by atoms with Gasteiger partial charge in [0.2, 0.25) is 0 Å². The van der Waals surface area contributed by atoms with E-state index in [9.17, 15) is 22.8 Å². The van der Waals surface area contributed by atoms with Crippen molar-refractivity contribution in [2.45, 2.75) is 80.8 Å². The third-order valence-electron chi connectivity index (χ3n) is 10.7. The van der Waals surface area contributed by atoms with Crippen LogP contribution in [0.1, 0.15) is 82.2 Å². The first-order chi connectivity index (χ1) is 34.7. The number of hydrogen-bond donors (Lipinski definition) is 2. The summed E-state index contributed by atoms with van der Waals surface area (Å²) in [5, 5.41) is 20.1. The molecule has 0 fully saturated rings. The summed E-state index contributed by atoms with van der Waals surface area (Å²) >= 11 is 0. The maximum atomic E-state index is 12.9. The van der Waals surface area contributed by atoms with Gasteiger partial charge in [0.1, 0.15) is 0 Å². The van der Waals surface area contributed by atoms with Gasteiger partial charge in [0.25, 0.3) is 0 Å². The number of halogens is 3. The Morgan fingerprint density at radius 1 is 0.579 bits per heavy atom. The van der Waals surface area contributed by atoms with Gasteiger partial charge in [-0.2, -0.15) is 13.2 Å². The number of hydrogen-bond acceptors (Lipinski definition) is 7. The zero-order valence-corrected chi connectivity index (χ0v) is 50.7. The molecule has 3 aromatic heterocycles. The molecule has 2 N–H and O–H groups in total. The van der Waals surface area contributed by atoms with Crippen molar-refractivity contribution in [2.24, 2.45) is 0 Å². The number of aryl methyl sites for hydroxylation is 3. The van der Waals surface area contributed by atoms with Crippen molar-refractivity contribution in [2.75, 3.05) is 0 Å². The fourth-order valence-electron chi connectivity index (χ4n) is 7.42. The summed E-state index contributed by atoms with van der Waals surface area (Å²) in [7, 11) is 0. The van der Waals surface area contributed by atoms with Gasteiger partial charge in [-0.15, -0.1) is 100 Å². The van der Waals surface area contributed by atoms with Crippen LogP contribution in [0.4, 0.5) is 13.2 Å². The minimum Gasteiger partial charge on any atom is -0.512 e. The van der Waals surface area contributed by atoms with Crippen LogP contribution in [0.25, 0.3) is 66.5 Å². The molecule has 0 bridgehead atoms. The Labute approximate surface area is 484 Å². The van der Waals surface area contributed by atoms with Crippen LogP contribution in [-0.4, -0.2) is 36.7 Å². The first-order valence-electron chi connectivity index (χ1n) is 23.7. The van der Waals surface area contributed by atoms with Crippen LogP contribution in [-0.2, 0) is 82.5 Å². The van der Waals surface area contributed by atoms with Crippen LogP contribution in [0.3, 0.4) is 0 Å². The van der Waals surface area contributed by atoms with Gasteiger partial charge in [-0.25, -0.2) is 0 Å². The van der Waals surface area contributed by atoms with E-state index in [1.54, 1.807) is 19.1 Å². The Morgan fingerprint density at radius 2 is 1.08 bits per heavy atom. The summed E-state index contributed by atoms with van der Waals surface area (Å²) in [6.45, 7) is 16.0. The normalized spacial score (nSPS) is 10.9. The molecule has 0 aliphatic carbocycles. The molecule has 6 aromatic carbocycles. The topological polar surface area (TPSA) is 113 Å². The molecule has 0 unspecified atom stereocenters. The standard InChI is InChI=1S/C19H18N.C17H11F3N.C17H14N.2C5H8O2.3Ir/c1-13(2)17-12-15-8-4-5-10-18(15)20-19(17)16-9-6-7-14(3)11-16;1-11-8-13(10-14(9-11)17(18,19)20)16-7-6-12-4-2-3-5-15(12)21-16;1-2-13-6-5-8-15(12-13)17-11-10-14-7-3-4-9-16(14)18-17;2*1-4(6)3-5(2)7;;;/h4-10,12-13H,1-3H3;2-9H,1H3;3-7,9-12H,2H2,1H3;2*3,6H,1-2H3;;;/q3*-1;;;;;. The van der Waals surface area contributed by atoms with E-state index in [-0.39, 0.29) is 83.4 Å². The Morgan fingerprint density at radius 3 is 1.54 bits per heavy atom. The van der Waals surface area contributed by atoms with Crippen molar-refractivity contribution in [3.63, 3.8) is 0 Å². The molecule has 0 aliphatic rings. The van der Waals surface area contributed by atoms with Gasteiger partial charge in [-0.1, -0.05) is 125 Å². The molecule has 9 aromatic rings. The Balaban J connectivity index is 0.000000341. The zero-order valence-electron chi connectivity index (χ0n) is 43.6. The summed E-state index contributed by atoms with van der Waals surface area (Å²) in [5.74, 6) is 0.316. The van der Waals surface area contributed by atoms with Gasteiger partial charge < -0.3 is 10.2 Å². The van der Waals surface area contributed by atoms with Crippen molar-refractivity contribution in [1.82, 2.24) is 15.0 Å². The molecule has 9 rings (SSSR count). The van der Waals surface area contributed by atoms with Gasteiger partial charge in [0.05, 0.1) is 28.1 Å². The SMILES string of the molecule is CC(=O)C=C(C)O.CC(=O)C=C(C)O.CCc1cc[c-]c(-c2ccc3ccccc3n2)c1.Cc1[c-]c(-c2nc3ccccc3cc2C(C)C)ccc1.Cc1cc(-c2ccc3ccccc3n2)[c-]c(C(F)(F)F)c1.[Ir].[Ir].[Ir]. The third kappa shape index (κ3) is 20.7. The van der Waals surface area contributed by atoms with Gasteiger partial charge in [-0.3, -0.25) is 24.5 Å². The van der Waals surface area contributed by atoms with Gasteiger partial charge in [0.15, 0.2) is 11.6 Å². The molecule has 13 heteroatoms. The van der Waals surface area contributed by atoms with Crippen molar-refractivity contribution in [1.29, 1.82) is 0 Å². The number of carbonyl (C=O) groups is 2. The smallest absolute Gasteiger partial charge is 0.399 e. The van der Waals surface area contributed by atoms with Gasteiger partial charge >= 0.3 is 6.18 Å². The fourth-order valence-corrected chi connectivity index (χ4v) is 7.42. The average Bonchev–Trinajstić information content (AvgIpc) is 3.35. The van der Waals surface area contributed by atoms with Crippen molar-refractivity contribution < 1.29 is 93.3 Å². The summed E-state index contributed by atoms with van der Waals surface area (Å²) in [4.78, 5) is 34.0. The first-order valence-corrected chi connectivity index (χ1v) is 23.7. The largest absolute Gasteiger partial charge is 0.512 e. The second-order valence-electron chi connectivity index (χ2n) is 17.5. The molecule has 0 saturated heterocycles. The fraction of sp³-hybridized carbons (Fsp3) is 0.190. The Bertz CT molecular complexity index is 3380. The van der Waals surface area contributed by atoms with Crippen LogP contribution in [0.15, 0.2) is 175 Å². The minimum absolute atomic E-state index is 0. The van der Waals surface area contributed by atoms with E-state index in [4.69, 9.17) is 15.2 Å². The van der Waals surface area contributed by atoms with Crippen LogP contribution in [0, 0.1) is 32.0 Å². The van der Waals surface area contributed by atoms with E-state index in [1.165, 1.54) is 61.7 Å². The molecular weight excluding hydrogens is 1500 g/mol. The van der Waals surface area contributed by atoms with Crippen LogP contribution < -0.4 is 0 Å². The maximum absolute atomic E-state index is 12.9. The number of fused-ring (bicyclic) bond motifs is 3. The molecule has 76 heavy (non-hydrogen) atoms. The predicted molar refractivity (Wildman–Crippen MR) is 290 cm³/mol. The second kappa shape index (κ2) is 31.7. The van der Waals surface area contributed by atoms with Crippen LogP contribution in [0.5, 0.6) is 0 Å². The number of pyridine rings is 3. The Hall–Kier alpha value is -6.29. The number of alkyl halides is 3. The summed E-state index contributed by atoms with van der Waals surface area (Å²) < 4.78 is 38.6. The number of aromatic nitrogens is 3. The van der Waals surface area contributed by atoms with Crippen molar-refractivity contribution in [3.8, 4) is 33.8 Å². The second-order valence-corrected chi connectivity index (χ2v) is 17.5. The number of nitrogens with zero attached hydrogens (tertiary/aromatic N) is 3. The van der Waals surface area contributed by atoms with Crippen molar-refractivity contribution in [3.05, 3.63) is 221 Å². The van der Waals surface area contributed by atoms with Gasteiger partial charge in [-0.05, 0) is 97.0 Å². The number of benzene rings is 6. The number of ketones is 2. The van der Waals surface area contributed by atoms with E-state index >= 15 is 0 Å². The molecule has 0 aliphatic heterocycles. The van der Waals surface area contributed by atoms with Crippen LogP contribution >= 0.6 is 0 Å². The van der Waals surface area contributed by atoms with Gasteiger partial charge in [0, 0.05) is 72.5 Å². The summed E-state index contributed by atoms with van der Waals surface area (Å²) in [5.41, 5.74) is 11.4. The molecule has 3 radical (unpaired) electrons. The van der Waals surface area contributed by atoms with Crippen molar-refractivity contribution >= 4 is 44.3 Å². The number of carbonyl (C=O) groups excluding carboxylic acids is 2.